The number of hydrogen-bond acceptors (Lipinski definition) is 4. The maximum absolute atomic E-state index is 14.8. The standard InChI is InChI=1S/C31H30F10N2O2/c1-17(2)25-13-26(28(44-4)14-27(25)32)24-6-5-21(29(33,34)35)11-20(24)16-43(8-7-18(3)45-42)15-19-9-22(30(36,37)38)12-23(10-19)31(39,40)41/h5-7,9-14,17H,8,15-16,42H2,1-4H3/b18-7-. The highest BCUT2D eigenvalue weighted by molar-refractivity contribution is 5.75. The third-order valence-corrected chi connectivity index (χ3v) is 6.93. The molecule has 0 bridgehead atoms. The molecule has 246 valence electrons. The van der Waals surface area contributed by atoms with Gasteiger partial charge in [-0.05, 0) is 77.6 Å². The number of allylic oxidation sites excluding steroid dienone is 1. The molecule has 0 heterocycles. The van der Waals surface area contributed by atoms with E-state index in [9.17, 15) is 43.9 Å². The van der Waals surface area contributed by atoms with Gasteiger partial charge < -0.3 is 9.57 Å². The van der Waals surface area contributed by atoms with Gasteiger partial charge in [0, 0.05) is 31.3 Å². The Hall–Kier alpha value is -3.78. The second-order valence-corrected chi connectivity index (χ2v) is 10.6. The number of rotatable bonds is 10. The summed E-state index contributed by atoms with van der Waals surface area (Å²) < 4.78 is 143. The number of halogens is 10. The Balaban J connectivity index is 2.23. The zero-order valence-electron chi connectivity index (χ0n) is 24.5. The van der Waals surface area contributed by atoms with E-state index in [-0.39, 0.29) is 52.3 Å². The quantitative estimate of drug-likeness (QED) is 0.135. The van der Waals surface area contributed by atoms with Crippen molar-refractivity contribution in [3.05, 3.63) is 99.6 Å². The van der Waals surface area contributed by atoms with Crippen molar-refractivity contribution in [1.29, 1.82) is 0 Å². The molecule has 3 aromatic carbocycles. The fraction of sp³-hybridized carbons (Fsp3) is 0.355. The lowest BCUT2D eigenvalue weighted by Gasteiger charge is -2.25. The van der Waals surface area contributed by atoms with Gasteiger partial charge >= 0.3 is 18.5 Å². The van der Waals surface area contributed by atoms with Gasteiger partial charge in [-0.15, -0.1) is 0 Å². The molecule has 0 saturated carbocycles. The molecule has 0 amide bonds. The molecule has 0 radical (unpaired) electrons. The van der Waals surface area contributed by atoms with Crippen molar-refractivity contribution in [2.75, 3.05) is 13.7 Å². The van der Waals surface area contributed by atoms with Gasteiger partial charge in [-0.25, -0.2) is 4.39 Å². The lowest BCUT2D eigenvalue weighted by atomic mass is 9.92. The van der Waals surface area contributed by atoms with Crippen molar-refractivity contribution in [3.63, 3.8) is 0 Å². The van der Waals surface area contributed by atoms with E-state index in [1.165, 1.54) is 31.1 Å². The van der Waals surface area contributed by atoms with Crippen LogP contribution in [0.2, 0.25) is 0 Å². The Morgan fingerprint density at radius 2 is 1.38 bits per heavy atom. The fourth-order valence-corrected chi connectivity index (χ4v) is 4.66. The predicted molar refractivity (Wildman–Crippen MR) is 147 cm³/mol. The van der Waals surface area contributed by atoms with Crippen LogP contribution in [0.3, 0.4) is 0 Å². The summed E-state index contributed by atoms with van der Waals surface area (Å²) in [4.78, 5) is 5.91. The Labute approximate surface area is 253 Å². The van der Waals surface area contributed by atoms with E-state index in [0.717, 1.165) is 24.3 Å². The zero-order chi connectivity index (χ0) is 33.9. The van der Waals surface area contributed by atoms with Gasteiger partial charge in [-0.1, -0.05) is 19.9 Å². The molecule has 0 aliphatic rings. The molecular weight excluding hydrogens is 622 g/mol. The lowest BCUT2D eigenvalue weighted by molar-refractivity contribution is -0.143. The number of ether oxygens (including phenoxy) is 1. The van der Waals surface area contributed by atoms with Crippen LogP contribution in [0.5, 0.6) is 5.75 Å². The molecular formula is C31H30F10N2O2. The average molecular weight is 653 g/mol. The van der Waals surface area contributed by atoms with Gasteiger partial charge in [-0.2, -0.15) is 45.4 Å². The molecule has 0 fully saturated rings. The van der Waals surface area contributed by atoms with Crippen molar-refractivity contribution < 1.29 is 53.5 Å². The molecule has 0 atom stereocenters. The molecule has 0 spiro atoms. The topological polar surface area (TPSA) is 47.7 Å². The third-order valence-electron chi connectivity index (χ3n) is 6.93. The molecule has 3 aromatic rings. The largest absolute Gasteiger partial charge is 0.496 e. The van der Waals surface area contributed by atoms with Gasteiger partial charge in [0.05, 0.1) is 23.8 Å². The molecule has 0 unspecified atom stereocenters. The molecule has 14 heteroatoms. The van der Waals surface area contributed by atoms with Crippen molar-refractivity contribution in [3.8, 4) is 16.9 Å². The van der Waals surface area contributed by atoms with Crippen molar-refractivity contribution in [1.82, 2.24) is 4.90 Å². The van der Waals surface area contributed by atoms with Crippen LogP contribution in [0.4, 0.5) is 43.9 Å². The highest BCUT2D eigenvalue weighted by Gasteiger charge is 2.37. The minimum absolute atomic E-state index is 0.00410. The Bertz CT molecular complexity index is 1490. The maximum Gasteiger partial charge on any atom is 0.416 e. The summed E-state index contributed by atoms with van der Waals surface area (Å²) in [5.74, 6) is 4.35. The van der Waals surface area contributed by atoms with Gasteiger partial charge in [0.25, 0.3) is 0 Å². The summed E-state index contributed by atoms with van der Waals surface area (Å²) in [5.41, 5.74) is -3.87. The van der Waals surface area contributed by atoms with Gasteiger partial charge in [0.1, 0.15) is 17.3 Å². The zero-order valence-corrected chi connectivity index (χ0v) is 24.5. The summed E-state index contributed by atoms with van der Waals surface area (Å²) in [6, 6.07) is 6.40. The maximum atomic E-state index is 14.8. The fourth-order valence-electron chi connectivity index (χ4n) is 4.66. The van der Waals surface area contributed by atoms with E-state index >= 15 is 0 Å². The van der Waals surface area contributed by atoms with Crippen LogP contribution in [-0.4, -0.2) is 18.6 Å². The second kappa shape index (κ2) is 13.7. The van der Waals surface area contributed by atoms with E-state index in [2.05, 4.69) is 4.84 Å². The summed E-state index contributed by atoms with van der Waals surface area (Å²) in [6.07, 6.45) is -13.6. The van der Waals surface area contributed by atoms with Crippen LogP contribution in [0, 0.1) is 5.82 Å². The number of nitrogens with zero attached hydrogens (tertiary/aromatic N) is 1. The molecule has 0 aromatic heterocycles. The Morgan fingerprint density at radius 1 is 0.800 bits per heavy atom. The van der Waals surface area contributed by atoms with E-state index in [0.29, 0.717) is 12.1 Å². The van der Waals surface area contributed by atoms with E-state index in [1.807, 2.05) is 0 Å². The number of alkyl halides is 9. The smallest absolute Gasteiger partial charge is 0.416 e. The highest BCUT2D eigenvalue weighted by atomic mass is 19.4. The third kappa shape index (κ3) is 9.13. The van der Waals surface area contributed by atoms with Crippen molar-refractivity contribution >= 4 is 0 Å². The molecule has 0 aliphatic heterocycles. The van der Waals surface area contributed by atoms with Crippen LogP contribution in [0.1, 0.15) is 60.1 Å². The van der Waals surface area contributed by atoms with Crippen LogP contribution < -0.4 is 10.6 Å². The summed E-state index contributed by atoms with van der Waals surface area (Å²) >= 11 is 0. The first-order valence-electron chi connectivity index (χ1n) is 13.4. The highest BCUT2D eigenvalue weighted by Crippen LogP contribution is 2.40. The van der Waals surface area contributed by atoms with E-state index < -0.39 is 59.7 Å². The molecule has 0 aliphatic carbocycles. The number of methoxy groups -OCH3 is 1. The number of benzene rings is 3. The average Bonchev–Trinajstić information content (AvgIpc) is 2.93. The summed E-state index contributed by atoms with van der Waals surface area (Å²) in [7, 11) is 1.25. The van der Waals surface area contributed by atoms with Crippen molar-refractivity contribution in [2.45, 2.75) is 58.3 Å². The molecule has 45 heavy (non-hydrogen) atoms. The monoisotopic (exact) mass is 652 g/mol. The van der Waals surface area contributed by atoms with Crippen LogP contribution in [0.15, 0.2) is 60.4 Å². The first kappa shape index (κ1) is 35.7. The number of nitrogens with two attached hydrogens (primary N) is 1. The van der Waals surface area contributed by atoms with Gasteiger partial charge in [-0.3, -0.25) is 4.90 Å². The van der Waals surface area contributed by atoms with E-state index in [4.69, 9.17) is 10.6 Å². The summed E-state index contributed by atoms with van der Waals surface area (Å²) in [6.45, 7) is 3.70. The SMILES string of the molecule is COc1cc(F)c(C(C)C)cc1-c1ccc(C(F)(F)F)cc1CN(C/C=C(/C)ON)Cc1cc(C(F)(F)F)cc(C(F)(F)F)c1. The van der Waals surface area contributed by atoms with Crippen molar-refractivity contribution in [2.24, 2.45) is 5.90 Å². The molecule has 3 rings (SSSR count). The predicted octanol–water partition coefficient (Wildman–Crippen LogP) is 9.48. The Kier molecular flexibility index (Phi) is 10.9. The van der Waals surface area contributed by atoms with Crippen LogP contribution in [-0.2, 0) is 36.5 Å². The summed E-state index contributed by atoms with van der Waals surface area (Å²) in [5, 5.41) is 0. The first-order valence-corrected chi connectivity index (χ1v) is 13.4. The Morgan fingerprint density at radius 3 is 1.87 bits per heavy atom. The molecule has 0 saturated heterocycles. The first-order chi connectivity index (χ1) is 20.7. The van der Waals surface area contributed by atoms with Gasteiger partial charge in [0.15, 0.2) is 0 Å². The van der Waals surface area contributed by atoms with E-state index in [1.54, 1.807) is 13.8 Å². The van der Waals surface area contributed by atoms with Gasteiger partial charge in [0.2, 0.25) is 0 Å². The second-order valence-electron chi connectivity index (χ2n) is 10.6. The minimum Gasteiger partial charge on any atom is -0.496 e. The number of hydrogen-bond donors (Lipinski definition) is 1. The normalized spacial score (nSPS) is 13.1. The molecule has 2 N–H and O–H groups in total. The van der Waals surface area contributed by atoms with Crippen LogP contribution >= 0.6 is 0 Å². The lowest BCUT2D eigenvalue weighted by Crippen LogP contribution is -2.25. The minimum atomic E-state index is -5.10. The molecule has 4 nitrogen and oxygen atoms in total. The van der Waals surface area contributed by atoms with Crippen LogP contribution in [0.25, 0.3) is 11.1 Å².